The van der Waals surface area contributed by atoms with E-state index >= 15 is 0 Å². The number of nitrogens with two attached hydrogens (primary N) is 1. The van der Waals surface area contributed by atoms with Gasteiger partial charge in [0.2, 0.25) is 0 Å². The fourth-order valence-corrected chi connectivity index (χ4v) is 1.41. The van der Waals surface area contributed by atoms with Gasteiger partial charge in [0.25, 0.3) is 0 Å². The van der Waals surface area contributed by atoms with E-state index in [4.69, 9.17) is 11.1 Å². The Hall–Kier alpha value is -1.51. The molecule has 0 aliphatic heterocycles. The summed E-state index contributed by atoms with van der Waals surface area (Å²) in [6, 6.07) is 1.96. The van der Waals surface area contributed by atoms with Crippen molar-refractivity contribution in [3.63, 3.8) is 0 Å². The van der Waals surface area contributed by atoms with Crippen molar-refractivity contribution in [2.45, 2.75) is 13.8 Å². The number of nitrogen functional groups attached to an aromatic ring is 1. The molecule has 0 heterocycles. The Morgan fingerprint density at radius 3 is 2.54 bits per heavy atom. The molecule has 0 fully saturated rings. The SMILES string of the molecule is CNc1cc(C)c(N)c(C)c1C=N. The molecule has 4 N–H and O–H groups in total. The Balaban J connectivity index is 3.47. The number of aryl methyl sites for hydroxylation is 1. The van der Waals surface area contributed by atoms with E-state index in [1.165, 1.54) is 6.21 Å². The van der Waals surface area contributed by atoms with Crippen LogP contribution >= 0.6 is 0 Å². The van der Waals surface area contributed by atoms with Crippen LogP contribution in [0.2, 0.25) is 0 Å². The summed E-state index contributed by atoms with van der Waals surface area (Å²) in [5.41, 5.74) is 10.5. The maximum atomic E-state index is 7.28. The highest BCUT2D eigenvalue weighted by Crippen LogP contribution is 2.26. The summed E-state index contributed by atoms with van der Waals surface area (Å²) >= 11 is 0. The number of rotatable bonds is 2. The van der Waals surface area contributed by atoms with Crippen molar-refractivity contribution in [1.82, 2.24) is 0 Å². The standard InChI is InChI=1S/C10H15N3/c1-6-4-9(13-3)8(5-11)7(2)10(6)12/h4-5,11,13H,12H2,1-3H3. The zero-order valence-electron chi connectivity index (χ0n) is 8.23. The molecule has 1 aromatic rings. The molecular formula is C10H15N3. The maximum Gasteiger partial charge on any atom is 0.0433 e. The quantitative estimate of drug-likeness (QED) is 0.477. The van der Waals surface area contributed by atoms with Crippen molar-refractivity contribution in [2.75, 3.05) is 18.1 Å². The minimum absolute atomic E-state index is 0.775. The molecule has 0 aliphatic carbocycles. The fourth-order valence-electron chi connectivity index (χ4n) is 1.41. The monoisotopic (exact) mass is 177 g/mol. The minimum atomic E-state index is 0.775. The summed E-state index contributed by atoms with van der Waals surface area (Å²) < 4.78 is 0. The number of hydrogen-bond acceptors (Lipinski definition) is 3. The normalized spacial score (nSPS) is 9.77. The lowest BCUT2D eigenvalue weighted by Crippen LogP contribution is -2.03. The first-order valence-electron chi connectivity index (χ1n) is 4.19. The smallest absolute Gasteiger partial charge is 0.0433 e. The zero-order valence-corrected chi connectivity index (χ0v) is 8.23. The van der Waals surface area contributed by atoms with Crippen LogP contribution in [0.15, 0.2) is 6.07 Å². The highest BCUT2D eigenvalue weighted by Gasteiger charge is 2.07. The number of anilines is 2. The second-order valence-corrected chi connectivity index (χ2v) is 3.09. The lowest BCUT2D eigenvalue weighted by molar-refractivity contribution is 1.34. The Kier molecular flexibility index (Phi) is 2.56. The van der Waals surface area contributed by atoms with Gasteiger partial charge in [-0.15, -0.1) is 0 Å². The predicted octanol–water partition coefficient (Wildman–Crippen LogP) is 1.93. The molecule has 0 aromatic heterocycles. The predicted molar refractivity (Wildman–Crippen MR) is 57.8 cm³/mol. The molecule has 70 valence electrons. The second kappa shape index (κ2) is 3.47. The van der Waals surface area contributed by atoms with Crippen LogP contribution in [0.3, 0.4) is 0 Å². The van der Waals surface area contributed by atoms with Gasteiger partial charge >= 0.3 is 0 Å². The molecule has 3 heteroatoms. The van der Waals surface area contributed by atoms with Gasteiger partial charge in [0.05, 0.1) is 0 Å². The van der Waals surface area contributed by atoms with Gasteiger partial charge in [0.1, 0.15) is 0 Å². The van der Waals surface area contributed by atoms with Gasteiger partial charge in [0.15, 0.2) is 0 Å². The first-order chi connectivity index (χ1) is 6.11. The highest BCUT2D eigenvalue weighted by atomic mass is 14.8. The average molecular weight is 177 g/mol. The molecule has 0 aliphatic rings. The first kappa shape index (κ1) is 9.58. The van der Waals surface area contributed by atoms with Gasteiger partial charge in [-0.1, -0.05) is 0 Å². The van der Waals surface area contributed by atoms with Gasteiger partial charge in [-0.25, -0.2) is 0 Å². The van der Waals surface area contributed by atoms with Crippen LogP contribution in [0.25, 0.3) is 0 Å². The van der Waals surface area contributed by atoms with Crippen LogP contribution in [0.5, 0.6) is 0 Å². The van der Waals surface area contributed by atoms with Crippen molar-refractivity contribution in [2.24, 2.45) is 0 Å². The van der Waals surface area contributed by atoms with Crippen molar-refractivity contribution in [1.29, 1.82) is 5.41 Å². The van der Waals surface area contributed by atoms with E-state index in [1.807, 2.05) is 27.0 Å². The summed E-state index contributed by atoms with van der Waals surface area (Å²) in [6.45, 7) is 3.90. The summed E-state index contributed by atoms with van der Waals surface area (Å²) in [6.07, 6.45) is 1.33. The molecule has 0 radical (unpaired) electrons. The molecule has 0 saturated heterocycles. The van der Waals surface area contributed by atoms with Crippen molar-refractivity contribution in [3.05, 3.63) is 22.8 Å². The van der Waals surface area contributed by atoms with Crippen molar-refractivity contribution in [3.8, 4) is 0 Å². The Morgan fingerprint density at radius 1 is 1.46 bits per heavy atom. The van der Waals surface area contributed by atoms with E-state index in [-0.39, 0.29) is 0 Å². The Labute approximate surface area is 78.5 Å². The molecule has 0 bridgehead atoms. The summed E-state index contributed by atoms with van der Waals surface area (Å²) in [7, 11) is 1.84. The summed E-state index contributed by atoms with van der Waals surface area (Å²) in [4.78, 5) is 0. The molecular weight excluding hydrogens is 162 g/mol. The van der Waals surface area contributed by atoms with Crippen molar-refractivity contribution < 1.29 is 0 Å². The second-order valence-electron chi connectivity index (χ2n) is 3.09. The van der Waals surface area contributed by atoms with Gasteiger partial charge in [-0.3, -0.25) is 0 Å². The molecule has 13 heavy (non-hydrogen) atoms. The number of benzene rings is 1. The van der Waals surface area contributed by atoms with E-state index in [9.17, 15) is 0 Å². The Morgan fingerprint density at radius 2 is 2.08 bits per heavy atom. The number of nitrogens with one attached hydrogen (secondary N) is 2. The van der Waals surface area contributed by atoms with E-state index in [1.54, 1.807) is 0 Å². The van der Waals surface area contributed by atoms with Gasteiger partial charge in [0, 0.05) is 30.2 Å². The van der Waals surface area contributed by atoms with Gasteiger partial charge in [-0.2, -0.15) is 0 Å². The molecule has 3 nitrogen and oxygen atoms in total. The Bertz CT molecular complexity index is 343. The fraction of sp³-hybridized carbons (Fsp3) is 0.300. The van der Waals surface area contributed by atoms with E-state index in [0.29, 0.717) is 0 Å². The number of hydrogen-bond donors (Lipinski definition) is 3. The molecule has 0 saturated carbocycles. The van der Waals surface area contributed by atoms with Crippen LogP contribution < -0.4 is 11.1 Å². The third-order valence-electron chi connectivity index (χ3n) is 2.30. The topological polar surface area (TPSA) is 61.9 Å². The van der Waals surface area contributed by atoms with Crippen LogP contribution in [0, 0.1) is 19.3 Å². The van der Waals surface area contributed by atoms with E-state index < -0.39 is 0 Å². The maximum absolute atomic E-state index is 7.28. The van der Waals surface area contributed by atoms with Gasteiger partial charge in [-0.05, 0) is 31.0 Å². The minimum Gasteiger partial charge on any atom is -0.398 e. The third kappa shape index (κ3) is 1.49. The molecule has 1 aromatic carbocycles. The third-order valence-corrected chi connectivity index (χ3v) is 2.30. The van der Waals surface area contributed by atoms with Crippen molar-refractivity contribution >= 4 is 17.6 Å². The van der Waals surface area contributed by atoms with Crippen LogP contribution in [0.4, 0.5) is 11.4 Å². The van der Waals surface area contributed by atoms with Crippen LogP contribution in [-0.2, 0) is 0 Å². The molecule has 0 atom stereocenters. The molecule has 0 unspecified atom stereocenters. The molecule has 0 spiro atoms. The lowest BCUT2D eigenvalue weighted by Gasteiger charge is -2.12. The van der Waals surface area contributed by atoms with Crippen LogP contribution in [-0.4, -0.2) is 13.3 Å². The zero-order chi connectivity index (χ0) is 10.0. The largest absolute Gasteiger partial charge is 0.398 e. The van der Waals surface area contributed by atoms with E-state index in [2.05, 4.69) is 5.32 Å². The molecule has 1 rings (SSSR count). The lowest BCUT2D eigenvalue weighted by atomic mass is 10.0. The molecule has 0 amide bonds. The first-order valence-corrected chi connectivity index (χ1v) is 4.19. The van der Waals surface area contributed by atoms with Gasteiger partial charge < -0.3 is 16.5 Å². The summed E-state index contributed by atoms with van der Waals surface area (Å²) in [5.74, 6) is 0. The van der Waals surface area contributed by atoms with E-state index in [0.717, 1.165) is 28.1 Å². The van der Waals surface area contributed by atoms with Crippen LogP contribution in [0.1, 0.15) is 16.7 Å². The average Bonchev–Trinajstić information content (AvgIpc) is 2.13. The summed E-state index contributed by atoms with van der Waals surface area (Å²) in [5, 5.41) is 10.3. The highest BCUT2D eigenvalue weighted by molar-refractivity contribution is 5.90.